The summed E-state index contributed by atoms with van der Waals surface area (Å²) in [6, 6.07) is 21.3. The van der Waals surface area contributed by atoms with Gasteiger partial charge in [-0.2, -0.15) is 0 Å². The lowest BCUT2D eigenvalue weighted by Gasteiger charge is -2.13. The van der Waals surface area contributed by atoms with Gasteiger partial charge in [-0.05, 0) is 58.9 Å². The average molecular weight is 376 g/mol. The molecule has 0 spiro atoms. The Morgan fingerprint density at radius 1 is 1.00 bits per heavy atom. The van der Waals surface area contributed by atoms with Gasteiger partial charge in [-0.1, -0.05) is 61.9 Å². The lowest BCUT2D eigenvalue weighted by Crippen LogP contribution is -2.25. The Balaban J connectivity index is 1.83. The first-order valence-corrected chi connectivity index (χ1v) is 10.1. The Morgan fingerprint density at radius 3 is 2.57 bits per heavy atom. The van der Waals surface area contributed by atoms with E-state index in [1.165, 1.54) is 27.5 Å². The van der Waals surface area contributed by atoms with Gasteiger partial charge in [0.15, 0.2) is 0 Å². The summed E-state index contributed by atoms with van der Waals surface area (Å²) in [5.74, 6) is 1.00. The van der Waals surface area contributed by atoms with Crippen molar-refractivity contribution in [1.29, 1.82) is 0 Å². The van der Waals surface area contributed by atoms with Gasteiger partial charge < -0.3 is 10.1 Å². The van der Waals surface area contributed by atoms with Crippen molar-refractivity contribution in [2.75, 3.05) is 13.7 Å². The highest BCUT2D eigenvalue weighted by Crippen LogP contribution is 2.27. The molecular formula is C25H29NO2. The highest BCUT2D eigenvalue weighted by atomic mass is 16.5. The molecule has 0 atom stereocenters. The van der Waals surface area contributed by atoms with Gasteiger partial charge in [-0.15, -0.1) is 0 Å². The fourth-order valence-electron chi connectivity index (χ4n) is 3.51. The zero-order valence-electron chi connectivity index (χ0n) is 16.8. The average Bonchev–Trinajstić information content (AvgIpc) is 2.72. The second-order valence-electron chi connectivity index (χ2n) is 7.21. The molecule has 28 heavy (non-hydrogen) atoms. The predicted octanol–water partition coefficient (Wildman–Crippen LogP) is 5.29. The maximum absolute atomic E-state index is 11.9. The van der Waals surface area contributed by atoms with Crippen LogP contribution in [0.1, 0.15) is 42.9 Å². The molecule has 146 valence electrons. The molecule has 3 nitrogen and oxygen atoms in total. The topological polar surface area (TPSA) is 38.3 Å². The second kappa shape index (κ2) is 9.93. The van der Waals surface area contributed by atoms with Crippen molar-refractivity contribution in [2.45, 2.75) is 39.0 Å². The molecule has 1 N–H and O–H groups in total. The van der Waals surface area contributed by atoms with Crippen LogP contribution in [-0.4, -0.2) is 19.6 Å². The highest BCUT2D eigenvalue weighted by molar-refractivity contribution is 5.88. The SMILES string of the molecule is CCCCC(=O)NCCc1cc(Cc2ccccc2)cc2ccc(OC)cc12. The van der Waals surface area contributed by atoms with Crippen LogP contribution in [0.4, 0.5) is 0 Å². The van der Waals surface area contributed by atoms with Crippen molar-refractivity contribution in [1.82, 2.24) is 5.32 Å². The van der Waals surface area contributed by atoms with Gasteiger partial charge in [-0.3, -0.25) is 4.79 Å². The Labute approximate surface area is 167 Å². The summed E-state index contributed by atoms with van der Waals surface area (Å²) in [6.07, 6.45) is 4.31. The predicted molar refractivity (Wildman–Crippen MR) is 116 cm³/mol. The zero-order chi connectivity index (χ0) is 19.8. The number of carbonyl (C=O) groups excluding carboxylic acids is 1. The van der Waals surface area contributed by atoms with Crippen LogP contribution in [-0.2, 0) is 17.6 Å². The number of rotatable bonds is 9. The molecule has 0 aliphatic carbocycles. The van der Waals surface area contributed by atoms with E-state index in [1.54, 1.807) is 7.11 Å². The number of fused-ring (bicyclic) bond motifs is 1. The Hall–Kier alpha value is -2.81. The van der Waals surface area contributed by atoms with E-state index in [0.717, 1.165) is 31.4 Å². The van der Waals surface area contributed by atoms with Crippen LogP contribution in [0.3, 0.4) is 0 Å². The molecule has 3 aromatic rings. The third-order valence-corrected chi connectivity index (χ3v) is 5.03. The first-order valence-electron chi connectivity index (χ1n) is 10.1. The summed E-state index contributed by atoms with van der Waals surface area (Å²) in [6.45, 7) is 2.76. The normalized spacial score (nSPS) is 10.8. The molecule has 0 bridgehead atoms. The molecule has 0 heterocycles. The first kappa shape index (κ1) is 19.9. The minimum Gasteiger partial charge on any atom is -0.497 e. The molecule has 1 amide bonds. The second-order valence-corrected chi connectivity index (χ2v) is 7.21. The maximum atomic E-state index is 11.9. The standard InChI is InChI=1S/C25H29NO2/c1-3-4-10-25(27)26-14-13-22-17-20(15-19-8-6-5-7-9-19)16-21-11-12-23(28-2)18-24(21)22/h5-9,11-12,16-18H,3-4,10,13-15H2,1-2H3,(H,26,27). The van der Waals surface area contributed by atoms with E-state index in [-0.39, 0.29) is 5.91 Å². The number of unbranched alkanes of at least 4 members (excludes halogenated alkanes) is 1. The lowest BCUT2D eigenvalue weighted by atomic mass is 9.95. The van der Waals surface area contributed by atoms with Gasteiger partial charge in [0, 0.05) is 13.0 Å². The van der Waals surface area contributed by atoms with Crippen LogP contribution in [0.15, 0.2) is 60.7 Å². The minimum absolute atomic E-state index is 0.143. The van der Waals surface area contributed by atoms with E-state index >= 15 is 0 Å². The number of hydrogen-bond donors (Lipinski definition) is 1. The van der Waals surface area contributed by atoms with Gasteiger partial charge >= 0.3 is 0 Å². The molecule has 3 aromatic carbocycles. The first-order chi connectivity index (χ1) is 13.7. The third-order valence-electron chi connectivity index (χ3n) is 5.03. The minimum atomic E-state index is 0.143. The summed E-state index contributed by atoms with van der Waals surface area (Å²) in [7, 11) is 1.69. The van der Waals surface area contributed by atoms with Gasteiger partial charge in [-0.25, -0.2) is 0 Å². The number of amides is 1. The van der Waals surface area contributed by atoms with E-state index < -0.39 is 0 Å². The fraction of sp³-hybridized carbons (Fsp3) is 0.320. The van der Waals surface area contributed by atoms with E-state index in [9.17, 15) is 4.79 Å². The van der Waals surface area contributed by atoms with Crippen LogP contribution in [0.2, 0.25) is 0 Å². The molecule has 3 heteroatoms. The smallest absolute Gasteiger partial charge is 0.220 e. The van der Waals surface area contributed by atoms with Gasteiger partial charge in [0.2, 0.25) is 5.91 Å². The summed E-state index contributed by atoms with van der Waals surface area (Å²) in [4.78, 5) is 11.9. The van der Waals surface area contributed by atoms with Crippen LogP contribution < -0.4 is 10.1 Å². The van der Waals surface area contributed by atoms with Crippen molar-refractivity contribution in [2.24, 2.45) is 0 Å². The van der Waals surface area contributed by atoms with Gasteiger partial charge in [0.05, 0.1) is 7.11 Å². The molecule has 0 aliphatic heterocycles. The van der Waals surface area contributed by atoms with Crippen LogP contribution in [0.5, 0.6) is 5.75 Å². The van der Waals surface area contributed by atoms with Crippen molar-refractivity contribution in [3.05, 3.63) is 77.4 Å². The summed E-state index contributed by atoms with van der Waals surface area (Å²) in [5.41, 5.74) is 3.84. The highest BCUT2D eigenvalue weighted by Gasteiger charge is 2.08. The Morgan fingerprint density at radius 2 is 1.82 bits per heavy atom. The van der Waals surface area contributed by atoms with E-state index in [4.69, 9.17) is 4.74 Å². The van der Waals surface area contributed by atoms with Gasteiger partial charge in [0.1, 0.15) is 5.75 Å². The summed E-state index contributed by atoms with van der Waals surface area (Å²) >= 11 is 0. The number of nitrogens with one attached hydrogen (secondary N) is 1. The summed E-state index contributed by atoms with van der Waals surface area (Å²) in [5, 5.41) is 5.46. The molecule has 0 radical (unpaired) electrons. The van der Waals surface area contributed by atoms with Crippen molar-refractivity contribution < 1.29 is 9.53 Å². The maximum Gasteiger partial charge on any atom is 0.220 e. The van der Waals surface area contributed by atoms with Gasteiger partial charge in [0.25, 0.3) is 0 Å². The Bertz CT molecular complexity index is 918. The lowest BCUT2D eigenvalue weighted by molar-refractivity contribution is -0.121. The molecule has 0 saturated carbocycles. The molecule has 0 saturated heterocycles. The largest absolute Gasteiger partial charge is 0.497 e. The van der Waals surface area contributed by atoms with E-state index in [2.05, 4.69) is 60.8 Å². The van der Waals surface area contributed by atoms with Crippen LogP contribution in [0, 0.1) is 0 Å². The van der Waals surface area contributed by atoms with Crippen LogP contribution >= 0.6 is 0 Å². The molecule has 0 fully saturated rings. The van der Waals surface area contributed by atoms with Crippen molar-refractivity contribution in [3.63, 3.8) is 0 Å². The number of carbonyl (C=O) groups is 1. The Kier molecular flexibility index (Phi) is 7.07. The molecule has 0 unspecified atom stereocenters. The molecule has 3 rings (SSSR count). The third kappa shape index (κ3) is 5.35. The number of benzene rings is 3. The zero-order valence-corrected chi connectivity index (χ0v) is 16.8. The van der Waals surface area contributed by atoms with Crippen molar-refractivity contribution in [3.8, 4) is 5.75 Å². The van der Waals surface area contributed by atoms with E-state index in [1.807, 2.05) is 12.1 Å². The number of hydrogen-bond acceptors (Lipinski definition) is 2. The number of ether oxygens (including phenoxy) is 1. The fourth-order valence-corrected chi connectivity index (χ4v) is 3.51. The van der Waals surface area contributed by atoms with E-state index in [0.29, 0.717) is 13.0 Å². The molecular weight excluding hydrogens is 346 g/mol. The summed E-state index contributed by atoms with van der Waals surface area (Å²) < 4.78 is 5.42. The molecule has 0 aromatic heterocycles. The van der Waals surface area contributed by atoms with Crippen LogP contribution in [0.25, 0.3) is 10.8 Å². The van der Waals surface area contributed by atoms with Crippen molar-refractivity contribution >= 4 is 16.7 Å². The number of methoxy groups -OCH3 is 1. The quantitative estimate of drug-likeness (QED) is 0.552. The molecule has 0 aliphatic rings. The monoisotopic (exact) mass is 375 g/mol.